The molecule has 0 aliphatic heterocycles. The molecule has 0 saturated carbocycles. The van der Waals surface area contributed by atoms with Crippen LogP contribution in [-0.2, 0) is 0 Å². The van der Waals surface area contributed by atoms with Crippen LogP contribution in [0.5, 0.6) is 0 Å². The molecule has 0 N–H and O–H groups in total. The lowest BCUT2D eigenvalue weighted by atomic mass is 10.3. The van der Waals surface area contributed by atoms with Gasteiger partial charge in [0.15, 0.2) is 0 Å². The molecule has 78 valence electrons. The molecule has 15 heavy (non-hydrogen) atoms. The summed E-state index contributed by atoms with van der Waals surface area (Å²) in [5.74, 6) is 0.236. The maximum Gasteiger partial charge on any atom is 0.147 e. The lowest BCUT2D eigenvalue weighted by Crippen LogP contribution is -1.95. The van der Waals surface area contributed by atoms with E-state index < -0.39 is 5.82 Å². The number of nitrogens with zero attached hydrogens (tertiary/aromatic N) is 2. The van der Waals surface area contributed by atoms with Crippen molar-refractivity contribution in [3.05, 3.63) is 46.2 Å². The molecule has 0 bridgehead atoms. The zero-order chi connectivity index (χ0) is 11.0. The summed E-state index contributed by atoms with van der Waals surface area (Å²) in [6.07, 6.45) is 1.62. The lowest BCUT2D eigenvalue weighted by molar-refractivity contribution is 0.627. The van der Waals surface area contributed by atoms with Crippen molar-refractivity contribution in [1.82, 2.24) is 9.55 Å². The standard InChI is InChI=1S/C10H7Cl2FN2/c1-6-14-10(12)5-15(6)7-2-3-8(11)9(13)4-7/h2-5H,1H3. The molecule has 1 heterocycles. The average molecular weight is 245 g/mol. The quantitative estimate of drug-likeness (QED) is 0.750. The molecule has 0 atom stereocenters. The van der Waals surface area contributed by atoms with Crippen molar-refractivity contribution in [2.75, 3.05) is 0 Å². The monoisotopic (exact) mass is 244 g/mol. The number of benzene rings is 1. The van der Waals surface area contributed by atoms with Crippen LogP contribution >= 0.6 is 23.2 Å². The van der Waals surface area contributed by atoms with E-state index in [0.29, 0.717) is 16.7 Å². The smallest absolute Gasteiger partial charge is 0.147 e. The van der Waals surface area contributed by atoms with Crippen molar-refractivity contribution in [3.8, 4) is 5.69 Å². The van der Waals surface area contributed by atoms with E-state index in [9.17, 15) is 4.39 Å². The maximum absolute atomic E-state index is 13.2. The molecule has 2 rings (SSSR count). The van der Waals surface area contributed by atoms with Crippen molar-refractivity contribution in [2.45, 2.75) is 6.92 Å². The molecule has 0 fully saturated rings. The predicted octanol–water partition coefficient (Wildman–Crippen LogP) is 3.63. The second-order valence-electron chi connectivity index (χ2n) is 3.08. The van der Waals surface area contributed by atoms with Crippen LogP contribution in [0.1, 0.15) is 5.82 Å². The Bertz CT molecular complexity index is 508. The van der Waals surface area contributed by atoms with Crippen LogP contribution in [0.4, 0.5) is 4.39 Å². The third-order valence-corrected chi connectivity index (χ3v) is 2.52. The summed E-state index contributed by atoms with van der Waals surface area (Å²) in [6.45, 7) is 1.79. The summed E-state index contributed by atoms with van der Waals surface area (Å²) < 4.78 is 14.9. The fourth-order valence-corrected chi connectivity index (χ4v) is 1.67. The van der Waals surface area contributed by atoms with E-state index >= 15 is 0 Å². The zero-order valence-corrected chi connectivity index (χ0v) is 9.35. The Hall–Kier alpha value is -1.06. The van der Waals surface area contributed by atoms with Crippen molar-refractivity contribution in [2.24, 2.45) is 0 Å². The number of aromatic nitrogens is 2. The van der Waals surface area contributed by atoms with Gasteiger partial charge in [0.05, 0.1) is 5.02 Å². The Labute approximate surface area is 96.3 Å². The van der Waals surface area contributed by atoms with Crippen LogP contribution in [0.25, 0.3) is 5.69 Å². The average Bonchev–Trinajstić information content (AvgIpc) is 2.50. The van der Waals surface area contributed by atoms with Gasteiger partial charge in [-0.1, -0.05) is 23.2 Å². The summed E-state index contributed by atoms with van der Waals surface area (Å²) in [5, 5.41) is 0.477. The maximum atomic E-state index is 13.2. The molecular formula is C10H7Cl2FN2. The SMILES string of the molecule is Cc1nc(Cl)cn1-c1ccc(Cl)c(F)c1. The molecular weight excluding hydrogens is 238 g/mol. The van der Waals surface area contributed by atoms with Crippen LogP contribution in [0, 0.1) is 12.7 Å². The first-order valence-corrected chi connectivity index (χ1v) is 5.00. The highest BCUT2D eigenvalue weighted by Crippen LogP contribution is 2.20. The first kappa shape index (κ1) is 10.5. The van der Waals surface area contributed by atoms with Crippen LogP contribution in [0.15, 0.2) is 24.4 Å². The second kappa shape index (κ2) is 3.83. The molecule has 0 spiro atoms. The van der Waals surface area contributed by atoms with Gasteiger partial charge in [-0.3, -0.25) is 0 Å². The topological polar surface area (TPSA) is 17.8 Å². The highest BCUT2D eigenvalue weighted by atomic mass is 35.5. The van der Waals surface area contributed by atoms with Gasteiger partial charge in [-0.25, -0.2) is 9.37 Å². The largest absolute Gasteiger partial charge is 0.302 e. The van der Waals surface area contributed by atoms with Crippen LogP contribution in [0.3, 0.4) is 0 Å². The van der Waals surface area contributed by atoms with Crippen molar-refractivity contribution in [1.29, 1.82) is 0 Å². The van der Waals surface area contributed by atoms with Gasteiger partial charge in [-0.15, -0.1) is 0 Å². The van der Waals surface area contributed by atoms with Gasteiger partial charge in [0.25, 0.3) is 0 Å². The number of aryl methyl sites for hydroxylation is 1. The fourth-order valence-electron chi connectivity index (χ4n) is 1.33. The Morgan fingerprint density at radius 3 is 2.60 bits per heavy atom. The molecule has 1 aromatic carbocycles. The summed E-state index contributed by atoms with van der Waals surface area (Å²) in [6, 6.07) is 4.54. The molecule has 0 amide bonds. The number of rotatable bonds is 1. The number of hydrogen-bond acceptors (Lipinski definition) is 1. The predicted molar refractivity (Wildman–Crippen MR) is 58.3 cm³/mol. The number of halogens is 3. The Morgan fingerprint density at radius 2 is 2.07 bits per heavy atom. The third kappa shape index (κ3) is 1.98. The van der Waals surface area contributed by atoms with Crippen molar-refractivity contribution >= 4 is 23.2 Å². The lowest BCUT2D eigenvalue weighted by Gasteiger charge is -2.04. The van der Waals surface area contributed by atoms with Gasteiger partial charge in [0, 0.05) is 11.9 Å². The van der Waals surface area contributed by atoms with Gasteiger partial charge >= 0.3 is 0 Å². The molecule has 2 nitrogen and oxygen atoms in total. The Balaban J connectivity index is 2.54. The first-order chi connectivity index (χ1) is 7.08. The van der Waals surface area contributed by atoms with E-state index in [1.54, 1.807) is 23.8 Å². The van der Waals surface area contributed by atoms with Crippen molar-refractivity contribution in [3.63, 3.8) is 0 Å². The molecule has 5 heteroatoms. The van der Waals surface area contributed by atoms with Crippen molar-refractivity contribution < 1.29 is 4.39 Å². The zero-order valence-electron chi connectivity index (χ0n) is 7.84. The van der Waals surface area contributed by atoms with Gasteiger partial charge in [0.2, 0.25) is 0 Å². The molecule has 0 aliphatic carbocycles. The number of hydrogen-bond donors (Lipinski definition) is 0. The molecule has 0 radical (unpaired) electrons. The van der Waals surface area contributed by atoms with Gasteiger partial charge in [0.1, 0.15) is 16.8 Å². The van der Waals surface area contributed by atoms with Crippen LogP contribution in [0.2, 0.25) is 10.2 Å². The van der Waals surface area contributed by atoms with E-state index in [1.165, 1.54) is 12.1 Å². The molecule has 1 aromatic heterocycles. The Kier molecular flexibility index (Phi) is 2.67. The number of imidazole rings is 1. The Morgan fingerprint density at radius 1 is 1.33 bits per heavy atom. The second-order valence-corrected chi connectivity index (χ2v) is 3.87. The molecule has 2 aromatic rings. The van der Waals surface area contributed by atoms with Gasteiger partial charge in [-0.05, 0) is 25.1 Å². The summed E-state index contributed by atoms with van der Waals surface area (Å²) in [4.78, 5) is 4.01. The third-order valence-electron chi connectivity index (χ3n) is 2.03. The highest BCUT2D eigenvalue weighted by Gasteiger charge is 2.06. The van der Waals surface area contributed by atoms with Gasteiger partial charge < -0.3 is 4.57 Å². The van der Waals surface area contributed by atoms with E-state index in [2.05, 4.69) is 4.98 Å². The first-order valence-electron chi connectivity index (χ1n) is 4.25. The molecule has 0 unspecified atom stereocenters. The minimum absolute atomic E-state index is 0.0996. The summed E-state index contributed by atoms with van der Waals surface area (Å²) in [7, 11) is 0. The van der Waals surface area contributed by atoms with E-state index in [1.807, 2.05) is 0 Å². The summed E-state index contributed by atoms with van der Waals surface area (Å²) >= 11 is 11.3. The van der Waals surface area contributed by atoms with E-state index in [4.69, 9.17) is 23.2 Å². The van der Waals surface area contributed by atoms with E-state index in [0.717, 1.165) is 0 Å². The summed E-state index contributed by atoms with van der Waals surface area (Å²) in [5.41, 5.74) is 0.647. The molecule has 0 saturated heterocycles. The fraction of sp³-hybridized carbons (Fsp3) is 0.100. The molecule has 0 aliphatic rings. The van der Waals surface area contributed by atoms with E-state index in [-0.39, 0.29) is 5.02 Å². The minimum Gasteiger partial charge on any atom is -0.302 e. The van der Waals surface area contributed by atoms with Gasteiger partial charge in [-0.2, -0.15) is 0 Å². The highest BCUT2D eigenvalue weighted by molar-refractivity contribution is 6.30. The van der Waals surface area contributed by atoms with Crippen LogP contribution < -0.4 is 0 Å². The minimum atomic E-state index is -0.460. The normalized spacial score (nSPS) is 10.7. The van der Waals surface area contributed by atoms with Crippen LogP contribution in [-0.4, -0.2) is 9.55 Å².